The molecule has 0 aliphatic carbocycles. The van der Waals surface area contributed by atoms with E-state index in [-0.39, 0.29) is 32.0 Å². The van der Waals surface area contributed by atoms with Crippen LogP contribution < -0.4 is 21.3 Å². The van der Waals surface area contributed by atoms with Crippen LogP contribution in [0.4, 0.5) is 4.79 Å². The Kier molecular flexibility index (Phi) is 10.3. The molecule has 0 saturated heterocycles. The molecule has 5 N–H and O–H groups in total. The number of nitrogens with one attached hydrogen (secondary N) is 4. The molecule has 0 bridgehead atoms. The van der Waals surface area contributed by atoms with E-state index in [9.17, 15) is 24.3 Å². The predicted molar refractivity (Wildman–Crippen MR) is 162 cm³/mol. The van der Waals surface area contributed by atoms with Gasteiger partial charge in [-0.15, -0.1) is 0 Å². The Bertz CT molecular complexity index is 1530. The van der Waals surface area contributed by atoms with Gasteiger partial charge in [0.15, 0.2) is 0 Å². The number of hydrogen-bond acceptors (Lipinski definition) is 4. The van der Waals surface area contributed by atoms with Crippen LogP contribution in [0.2, 0.25) is 0 Å². The lowest BCUT2D eigenvalue weighted by Crippen LogP contribution is -2.41. The summed E-state index contributed by atoms with van der Waals surface area (Å²) in [6, 6.07) is 29.5. The van der Waals surface area contributed by atoms with E-state index in [1.165, 1.54) is 0 Å². The highest BCUT2D eigenvalue weighted by atomic mass is 16.4. The molecule has 9 nitrogen and oxygen atoms in total. The first kappa shape index (κ1) is 29.8. The normalized spacial score (nSPS) is 12.1. The van der Waals surface area contributed by atoms with Crippen LogP contribution in [0, 0.1) is 0 Å². The third kappa shape index (κ3) is 8.41. The van der Waals surface area contributed by atoms with Gasteiger partial charge in [0.25, 0.3) is 0 Å². The Morgan fingerprint density at radius 2 is 1.38 bits per heavy atom. The summed E-state index contributed by atoms with van der Waals surface area (Å²) in [7, 11) is 0. The summed E-state index contributed by atoms with van der Waals surface area (Å²) < 4.78 is 0. The Morgan fingerprint density at radius 1 is 0.714 bits per heavy atom. The van der Waals surface area contributed by atoms with Crippen LogP contribution in [0.1, 0.15) is 43.0 Å². The van der Waals surface area contributed by atoms with Crippen molar-refractivity contribution in [3.8, 4) is 11.1 Å². The smallest absolute Gasteiger partial charge is 0.315 e. The van der Waals surface area contributed by atoms with Gasteiger partial charge in [-0.2, -0.15) is 0 Å². The van der Waals surface area contributed by atoms with Gasteiger partial charge in [-0.05, 0) is 39.9 Å². The standard InChI is InChI=1S/C33H34N4O5/c1-22(27-13-7-11-25-10-5-6-12-28(25)27)36-33(42)34-19-18-30(38)35-21-31(39)37-29(20-32(40)41)26-16-14-24(15-17-26)23-8-3-2-4-9-23/h2-17,22,29H,18-21H2,1H3,(H,35,38)(H,37,39)(H,40,41)(H2,34,36,42)/t22-,29?/m0/s1. The average molecular weight is 567 g/mol. The lowest BCUT2D eigenvalue weighted by molar-refractivity contribution is -0.138. The Morgan fingerprint density at radius 3 is 2.12 bits per heavy atom. The van der Waals surface area contributed by atoms with E-state index in [1.54, 1.807) is 12.1 Å². The predicted octanol–water partition coefficient (Wildman–Crippen LogP) is 4.71. The van der Waals surface area contributed by atoms with Gasteiger partial charge < -0.3 is 26.4 Å². The molecule has 1 unspecified atom stereocenters. The second-order valence-electron chi connectivity index (χ2n) is 9.92. The molecule has 0 aliphatic rings. The minimum absolute atomic E-state index is 0.0249. The number of carboxylic acids is 1. The van der Waals surface area contributed by atoms with Crippen LogP contribution in [0.15, 0.2) is 97.1 Å². The highest BCUT2D eigenvalue weighted by molar-refractivity contribution is 5.87. The molecule has 4 aromatic carbocycles. The number of benzene rings is 4. The van der Waals surface area contributed by atoms with Crippen molar-refractivity contribution in [1.29, 1.82) is 0 Å². The highest BCUT2D eigenvalue weighted by Crippen LogP contribution is 2.25. The molecule has 0 aliphatic heterocycles. The van der Waals surface area contributed by atoms with E-state index in [4.69, 9.17) is 0 Å². The van der Waals surface area contributed by atoms with Crippen LogP contribution in [0.25, 0.3) is 21.9 Å². The number of aliphatic carboxylic acids is 1. The van der Waals surface area contributed by atoms with Gasteiger partial charge >= 0.3 is 12.0 Å². The Labute approximate surface area is 244 Å². The molecule has 2 atom stereocenters. The van der Waals surface area contributed by atoms with Crippen LogP contribution in [-0.4, -0.2) is 42.0 Å². The van der Waals surface area contributed by atoms with Crippen molar-refractivity contribution in [1.82, 2.24) is 21.3 Å². The van der Waals surface area contributed by atoms with Crippen LogP contribution >= 0.6 is 0 Å². The van der Waals surface area contributed by atoms with Crippen molar-refractivity contribution in [3.05, 3.63) is 108 Å². The summed E-state index contributed by atoms with van der Waals surface area (Å²) in [4.78, 5) is 48.6. The Balaban J connectivity index is 1.21. The third-order valence-electron chi connectivity index (χ3n) is 6.86. The molecule has 0 aromatic heterocycles. The summed E-state index contributed by atoms with van der Waals surface area (Å²) in [6.45, 7) is 1.65. The number of amides is 4. The van der Waals surface area contributed by atoms with Gasteiger partial charge in [0.2, 0.25) is 11.8 Å². The topological polar surface area (TPSA) is 137 Å². The third-order valence-corrected chi connectivity index (χ3v) is 6.86. The Hall–Kier alpha value is -5.18. The number of rotatable bonds is 12. The second-order valence-corrected chi connectivity index (χ2v) is 9.92. The number of hydrogen-bond donors (Lipinski definition) is 5. The lowest BCUT2D eigenvalue weighted by Gasteiger charge is -2.18. The van der Waals surface area contributed by atoms with E-state index < -0.39 is 29.9 Å². The van der Waals surface area contributed by atoms with Crippen molar-refractivity contribution in [2.45, 2.75) is 31.8 Å². The number of fused-ring (bicyclic) bond motifs is 1. The zero-order valence-electron chi connectivity index (χ0n) is 23.3. The molecule has 9 heteroatoms. The minimum Gasteiger partial charge on any atom is -0.481 e. The summed E-state index contributed by atoms with van der Waals surface area (Å²) in [5.41, 5.74) is 3.62. The van der Waals surface area contributed by atoms with Gasteiger partial charge in [0, 0.05) is 13.0 Å². The lowest BCUT2D eigenvalue weighted by atomic mass is 9.99. The summed E-state index contributed by atoms with van der Waals surface area (Å²) in [6.07, 6.45) is -0.330. The zero-order chi connectivity index (χ0) is 29.9. The number of carbonyl (C=O) groups is 4. The van der Waals surface area contributed by atoms with Crippen LogP contribution in [0.5, 0.6) is 0 Å². The van der Waals surface area contributed by atoms with Gasteiger partial charge in [-0.1, -0.05) is 97.1 Å². The molecule has 0 spiro atoms. The summed E-state index contributed by atoms with van der Waals surface area (Å²) >= 11 is 0. The monoisotopic (exact) mass is 566 g/mol. The fourth-order valence-corrected chi connectivity index (χ4v) is 4.72. The molecule has 0 saturated carbocycles. The maximum absolute atomic E-state index is 12.5. The quantitative estimate of drug-likeness (QED) is 0.169. The van der Waals surface area contributed by atoms with Gasteiger partial charge in [0.05, 0.1) is 25.0 Å². The SMILES string of the molecule is C[C@H](NC(=O)NCCC(=O)NCC(=O)NC(CC(=O)O)c1ccc(-c2ccccc2)cc1)c1cccc2ccccc12. The highest BCUT2D eigenvalue weighted by Gasteiger charge is 2.19. The van der Waals surface area contributed by atoms with E-state index in [1.807, 2.05) is 91.9 Å². The van der Waals surface area contributed by atoms with Crippen LogP contribution in [-0.2, 0) is 14.4 Å². The van der Waals surface area contributed by atoms with E-state index in [0.29, 0.717) is 5.56 Å². The van der Waals surface area contributed by atoms with E-state index in [0.717, 1.165) is 27.5 Å². The first-order valence-corrected chi connectivity index (χ1v) is 13.8. The number of urea groups is 1. The largest absolute Gasteiger partial charge is 0.481 e. The maximum atomic E-state index is 12.5. The van der Waals surface area contributed by atoms with Crippen molar-refractivity contribution in [3.63, 3.8) is 0 Å². The van der Waals surface area contributed by atoms with E-state index in [2.05, 4.69) is 21.3 Å². The van der Waals surface area contributed by atoms with Crippen molar-refractivity contribution in [2.75, 3.05) is 13.1 Å². The second kappa shape index (κ2) is 14.5. The molecule has 0 radical (unpaired) electrons. The molecule has 42 heavy (non-hydrogen) atoms. The van der Waals surface area contributed by atoms with Gasteiger partial charge in [-0.25, -0.2) is 4.79 Å². The maximum Gasteiger partial charge on any atom is 0.315 e. The first-order chi connectivity index (χ1) is 20.3. The fraction of sp³-hybridized carbons (Fsp3) is 0.212. The van der Waals surface area contributed by atoms with Crippen molar-refractivity contribution >= 4 is 34.6 Å². The fourth-order valence-electron chi connectivity index (χ4n) is 4.72. The molecule has 4 amide bonds. The number of carbonyl (C=O) groups excluding carboxylic acids is 3. The molecule has 0 fully saturated rings. The summed E-state index contributed by atoms with van der Waals surface area (Å²) in [5, 5.41) is 22.2. The number of carboxylic acid groups (broad SMARTS) is 1. The summed E-state index contributed by atoms with van der Waals surface area (Å²) in [5.74, 6) is -2.00. The van der Waals surface area contributed by atoms with Crippen molar-refractivity contribution < 1.29 is 24.3 Å². The molecular formula is C33H34N4O5. The van der Waals surface area contributed by atoms with Crippen molar-refractivity contribution in [2.24, 2.45) is 0 Å². The first-order valence-electron chi connectivity index (χ1n) is 13.8. The van der Waals surface area contributed by atoms with E-state index >= 15 is 0 Å². The minimum atomic E-state index is -1.06. The van der Waals surface area contributed by atoms with Gasteiger partial charge in [0.1, 0.15) is 0 Å². The average Bonchev–Trinajstić information content (AvgIpc) is 2.99. The molecule has 4 rings (SSSR count). The molecule has 4 aromatic rings. The molecular weight excluding hydrogens is 532 g/mol. The van der Waals surface area contributed by atoms with Gasteiger partial charge in [-0.3, -0.25) is 14.4 Å². The molecule has 216 valence electrons. The van der Waals surface area contributed by atoms with Crippen LogP contribution in [0.3, 0.4) is 0 Å². The zero-order valence-corrected chi connectivity index (χ0v) is 23.3. The molecule has 0 heterocycles.